The Morgan fingerprint density at radius 3 is 3.08 bits per heavy atom. The summed E-state index contributed by atoms with van der Waals surface area (Å²) in [6.45, 7) is 0. The van der Waals surface area contributed by atoms with Crippen molar-refractivity contribution in [2.24, 2.45) is 0 Å². The Balaban J connectivity index is 1.84. The number of furan rings is 1. The molecule has 0 saturated carbocycles. The molecule has 0 spiro atoms. The standard InChI is InChI=1S/C16H14ClN5O3/c17-8-14(23)19-13-7-11(12-5-2-6-25-12)21-22(13)16-18-10-4-1-3-9(10)15(24)20-16/h2,5-7H,1,3-4,8H2,(H,19,23)(H,18,20,24). The summed E-state index contributed by atoms with van der Waals surface area (Å²) in [7, 11) is 0. The molecule has 0 aromatic carbocycles. The van der Waals surface area contributed by atoms with E-state index in [9.17, 15) is 9.59 Å². The molecule has 3 aromatic heterocycles. The van der Waals surface area contributed by atoms with Gasteiger partial charge in [-0.05, 0) is 31.4 Å². The summed E-state index contributed by atoms with van der Waals surface area (Å²) < 4.78 is 6.72. The highest BCUT2D eigenvalue weighted by Crippen LogP contribution is 2.25. The Kier molecular flexibility index (Phi) is 3.89. The van der Waals surface area contributed by atoms with Crippen LogP contribution in [0.5, 0.6) is 0 Å². The second-order valence-electron chi connectivity index (χ2n) is 5.65. The van der Waals surface area contributed by atoms with Crippen LogP contribution in [-0.2, 0) is 17.6 Å². The third-order valence-corrected chi connectivity index (χ3v) is 4.24. The lowest BCUT2D eigenvalue weighted by atomic mass is 10.3. The first-order valence-corrected chi connectivity index (χ1v) is 8.31. The smallest absolute Gasteiger partial charge is 0.255 e. The number of aromatic amines is 1. The van der Waals surface area contributed by atoms with Crippen molar-refractivity contribution in [2.45, 2.75) is 19.3 Å². The largest absolute Gasteiger partial charge is 0.463 e. The van der Waals surface area contributed by atoms with Crippen LogP contribution in [0.25, 0.3) is 17.4 Å². The predicted octanol–water partition coefficient (Wildman–Crippen LogP) is 1.88. The van der Waals surface area contributed by atoms with Gasteiger partial charge < -0.3 is 9.73 Å². The van der Waals surface area contributed by atoms with E-state index < -0.39 is 5.91 Å². The Labute approximate surface area is 146 Å². The Hall–Kier alpha value is -2.87. The van der Waals surface area contributed by atoms with E-state index in [-0.39, 0.29) is 17.4 Å². The lowest BCUT2D eigenvalue weighted by Gasteiger charge is -2.08. The Morgan fingerprint density at radius 1 is 1.44 bits per heavy atom. The number of carbonyl (C=O) groups is 1. The number of anilines is 1. The van der Waals surface area contributed by atoms with Gasteiger partial charge in [-0.15, -0.1) is 11.6 Å². The highest BCUT2D eigenvalue weighted by atomic mass is 35.5. The highest BCUT2D eigenvalue weighted by Gasteiger charge is 2.21. The minimum atomic E-state index is -0.391. The quantitative estimate of drug-likeness (QED) is 0.692. The summed E-state index contributed by atoms with van der Waals surface area (Å²) in [4.78, 5) is 31.2. The fraction of sp³-hybridized carbons (Fsp3) is 0.250. The van der Waals surface area contributed by atoms with Crippen LogP contribution in [0, 0.1) is 0 Å². The Bertz CT molecular complexity index is 990. The zero-order chi connectivity index (χ0) is 17.4. The molecule has 0 unspecified atom stereocenters. The number of amides is 1. The first-order valence-electron chi connectivity index (χ1n) is 7.78. The van der Waals surface area contributed by atoms with E-state index in [0.717, 1.165) is 25.0 Å². The van der Waals surface area contributed by atoms with Crippen LogP contribution in [0.15, 0.2) is 33.7 Å². The number of nitrogens with zero attached hydrogens (tertiary/aromatic N) is 3. The molecule has 0 bridgehead atoms. The third-order valence-electron chi connectivity index (χ3n) is 4.00. The summed E-state index contributed by atoms with van der Waals surface area (Å²) in [5.41, 5.74) is 1.80. The summed E-state index contributed by atoms with van der Waals surface area (Å²) in [6.07, 6.45) is 3.91. The minimum absolute atomic E-state index is 0.179. The molecule has 0 fully saturated rings. The van der Waals surface area contributed by atoms with Gasteiger partial charge in [-0.2, -0.15) is 9.78 Å². The van der Waals surface area contributed by atoms with Crippen molar-refractivity contribution < 1.29 is 9.21 Å². The second kappa shape index (κ2) is 6.21. The van der Waals surface area contributed by atoms with E-state index in [2.05, 4.69) is 20.4 Å². The summed E-state index contributed by atoms with van der Waals surface area (Å²) in [6, 6.07) is 5.12. The van der Waals surface area contributed by atoms with Gasteiger partial charge in [0.05, 0.1) is 12.0 Å². The van der Waals surface area contributed by atoms with Gasteiger partial charge in [-0.3, -0.25) is 14.6 Å². The Morgan fingerprint density at radius 2 is 2.32 bits per heavy atom. The van der Waals surface area contributed by atoms with Crippen LogP contribution in [0.3, 0.4) is 0 Å². The van der Waals surface area contributed by atoms with Crippen molar-refractivity contribution in [3.63, 3.8) is 0 Å². The van der Waals surface area contributed by atoms with Crippen molar-refractivity contribution in [2.75, 3.05) is 11.2 Å². The van der Waals surface area contributed by atoms with Crippen molar-refractivity contribution in [1.82, 2.24) is 19.7 Å². The maximum Gasteiger partial charge on any atom is 0.255 e. The fourth-order valence-corrected chi connectivity index (χ4v) is 2.95. The normalized spacial score (nSPS) is 13.0. The highest BCUT2D eigenvalue weighted by molar-refractivity contribution is 6.29. The second-order valence-corrected chi connectivity index (χ2v) is 5.92. The van der Waals surface area contributed by atoms with Crippen molar-refractivity contribution in [3.8, 4) is 17.4 Å². The van der Waals surface area contributed by atoms with Gasteiger partial charge in [0.25, 0.3) is 5.56 Å². The maximum absolute atomic E-state index is 12.3. The van der Waals surface area contributed by atoms with Gasteiger partial charge in [0.2, 0.25) is 11.9 Å². The van der Waals surface area contributed by atoms with E-state index in [0.29, 0.717) is 22.8 Å². The molecule has 9 heteroatoms. The predicted molar refractivity (Wildman–Crippen MR) is 91.1 cm³/mol. The maximum atomic E-state index is 12.3. The molecule has 128 valence electrons. The first-order chi connectivity index (χ1) is 12.2. The number of rotatable bonds is 4. The summed E-state index contributed by atoms with van der Waals surface area (Å²) in [5.74, 6) is 0.530. The average Bonchev–Trinajstić information content (AvgIpc) is 3.34. The van der Waals surface area contributed by atoms with E-state index in [1.807, 2.05) is 0 Å². The number of aromatic nitrogens is 4. The molecule has 1 aliphatic carbocycles. The molecule has 2 N–H and O–H groups in total. The monoisotopic (exact) mass is 359 g/mol. The minimum Gasteiger partial charge on any atom is -0.463 e. The average molecular weight is 360 g/mol. The molecule has 1 amide bonds. The molecule has 0 radical (unpaired) electrons. The van der Waals surface area contributed by atoms with Crippen LogP contribution < -0.4 is 10.9 Å². The number of fused-ring (bicyclic) bond motifs is 1. The molecule has 3 aromatic rings. The zero-order valence-electron chi connectivity index (χ0n) is 13.1. The molecule has 1 aliphatic rings. The topological polar surface area (TPSA) is 106 Å². The van der Waals surface area contributed by atoms with Gasteiger partial charge in [0.15, 0.2) is 5.76 Å². The van der Waals surface area contributed by atoms with Gasteiger partial charge >= 0.3 is 0 Å². The molecule has 0 saturated heterocycles. The molecule has 0 aliphatic heterocycles. The van der Waals surface area contributed by atoms with Crippen LogP contribution in [0.2, 0.25) is 0 Å². The van der Waals surface area contributed by atoms with E-state index in [4.69, 9.17) is 16.0 Å². The SMILES string of the molecule is O=C(CCl)Nc1cc(-c2ccco2)nn1-c1nc2c(c(=O)[nH]1)CCC2. The molecule has 0 atom stereocenters. The number of hydrogen-bond acceptors (Lipinski definition) is 5. The van der Waals surface area contributed by atoms with Crippen molar-refractivity contribution >= 4 is 23.3 Å². The number of halogens is 1. The molecule has 3 heterocycles. The van der Waals surface area contributed by atoms with Crippen molar-refractivity contribution in [3.05, 3.63) is 46.1 Å². The molecular weight excluding hydrogens is 346 g/mol. The van der Waals surface area contributed by atoms with Crippen LogP contribution >= 0.6 is 11.6 Å². The zero-order valence-corrected chi connectivity index (χ0v) is 13.8. The van der Waals surface area contributed by atoms with Crippen LogP contribution in [0.1, 0.15) is 17.7 Å². The summed E-state index contributed by atoms with van der Waals surface area (Å²) in [5, 5.41) is 7.06. The number of nitrogens with one attached hydrogen (secondary N) is 2. The number of alkyl halides is 1. The number of aryl methyl sites for hydroxylation is 1. The van der Waals surface area contributed by atoms with Gasteiger partial charge in [-0.1, -0.05) is 0 Å². The third kappa shape index (κ3) is 2.85. The number of carbonyl (C=O) groups excluding carboxylic acids is 1. The molecular formula is C16H14ClN5O3. The molecule has 8 nitrogen and oxygen atoms in total. The lowest BCUT2D eigenvalue weighted by molar-refractivity contribution is -0.114. The van der Waals surface area contributed by atoms with Crippen LogP contribution in [0.4, 0.5) is 5.82 Å². The molecule has 25 heavy (non-hydrogen) atoms. The molecule has 4 rings (SSSR count). The van der Waals surface area contributed by atoms with E-state index in [1.54, 1.807) is 18.2 Å². The first kappa shape index (κ1) is 15.6. The number of H-pyrrole nitrogens is 1. The number of hydrogen-bond donors (Lipinski definition) is 2. The summed E-state index contributed by atoms with van der Waals surface area (Å²) >= 11 is 5.57. The lowest BCUT2D eigenvalue weighted by Crippen LogP contribution is -2.21. The fourth-order valence-electron chi connectivity index (χ4n) is 2.88. The van der Waals surface area contributed by atoms with Gasteiger partial charge in [0.1, 0.15) is 17.4 Å². The van der Waals surface area contributed by atoms with Gasteiger partial charge in [0, 0.05) is 11.6 Å². The van der Waals surface area contributed by atoms with Crippen LogP contribution in [-0.4, -0.2) is 31.5 Å². The van der Waals surface area contributed by atoms with E-state index in [1.165, 1.54) is 10.9 Å². The van der Waals surface area contributed by atoms with Crippen molar-refractivity contribution in [1.29, 1.82) is 0 Å². The van der Waals surface area contributed by atoms with Gasteiger partial charge in [-0.25, -0.2) is 4.98 Å². The van der Waals surface area contributed by atoms with E-state index >= 15 is 0 Å².